The Hall–Kier alpha value is -1.39. The summed E-state index contributed by atoms with van der Waals surface area (Å²) in [5, 5.41) is 6.40. The van der Waals surface area contributed by atoms with Crippen molar-refractivity contribution in [1.29, 1.82) is 0 Å². The molecule has 2 aliphatic rings. The second kappa shape index (κ2) is 7.05. The summed E-state index contributed by atoms with van der Waals surface area (Å²) in [5.74, 6) is 0.0741. The lowest BCUT2D eigenvalue weighted by Gasteiger charge is -2.27. The highest BCUT2D eigenvalue weighted by Crippen LogP contribution is 2.22. The third-order valence-electron chi connectivity index (χ3n) is 4.51. The normalized spacial score (nSPS) is 18.5. The molecule has 0 saturated carbocycles. The maximum absolute atomic E-state index is 12.2. The minimum absolute atomic E-state index is 0.0741. The Bertz CT molecular complexity index is 495. The number of aryl methyl sites for hydroxylation is 2. The fraction of sp³-hybridized carbons (Fsp3) is 0.588. The molecule has 0 bridgehead atoms. The number of nitrogens with zero attached hydrogens (tertiary/aromatic N) is 1. The molecular weight excluding hydrogens is 262 g/mol. The number of carbonyl (C=O) groups excluding carboxylic acids is 1. The molecule has 0 atom stereocenters. The zero-order chi connectivity index (χ0) is 14.5. The maximum atomic E-state index is 12.2. The molecule has 1 fully saturated rings. The van der Waals surface area contributed by atoms with Crippen molar-refractivity contribution in [3.63, 3.8) is 0 Å². The van der Waals surface area contributed by atoms with E-state index in [1.54, 1.807) is 0 Å². The van der Waals surface area contributed by atoms with Crippen LogP contribution in [0.3, 0.4) is 0 Å². The van der Waals surface area contributed by atoms with E-state index in [9.17, 15) is 4.79 Å². The molecule has 1 saturated heterocycles. The number of fused-ring (bicyclic) bond motifs is 1. The molecule has 2 N–H and O–H groups in total. The van der Waals surface area contributed by atoms with E-state index in [0.717, 1.165) is 57.7 Å². The van der Waals surface area contributed by atoms with Gasteiger partial charge >= 0.3 is 0 Å². The van der Waals surface area contributed by atoms with Gasteiger partial charge in [0.1, 0.15) is 0 Å². The minimum atomic E-state index is 0.0741. The quantitative estimate of drug-likeness (QED) is 0.800. The molecule has 21 heavy (non-hydrogen) atoms. The highest BCUT2D eigenvalue weighted by molar-refractivity contribution is 5.94. The molecule has 4 heteroatoms. The van der Waals surface area contributed by atoms with Crippen molar-refractivity contribution < 1.29 is 4.79 Å². The first kappa shape index (κ1) is 14.5. The summed E-state index contributed by atoms with van der Waals surface area (Å²) in [7, 11) is 0. The Morgan fingerprint density at radius 1 is 1.19 bits per heavy atom. The summed E-state index contributed by atoms with van der Waals surface area (Å²) >= 11 is 0. The number of benzene rings is 1. The molecule has 1 aliphatic heterocycles. The summed E-state index contributed by atoms with van der Waals surface area (Å²) in [4.78, 5) is 14.6. The number of nitrogens with one attached hydrogen (secondary N) is 2. The summed E-state index contributed by atoms with van der Waals surface area (Å²) in [5.41, 5.74) is 3.60. The van der Waals surface area contributed by atoms with Crippen LogP contribution < -0.4 is 10.6 Å². The average Bonchev–Trinajstić information content (AvgIpc) is 3.00. The Kier molecular flexibility index (Phi) is 4.88. The summed E-state index contributed by atoms with van der Waals surface area (Å²) < 4.78 is 0. The number of amides is 1. The molecule has 0 radical (unpaired) electrons. The molecule has 1 heterocycles. The topological polar surface area (TPSA) is 44.4 Å². The number of carbonyl (C=O) groups is 1. The Labute approximate surface area is 126 Å². The van der Waals surface area contributed by atoms with Crippen molar-refractivity contribution in [3.8, 4) is 0 Å². The third-order valence-corrected chi connectivity index (χ3v) is 4.51. The molecule has 0 unspecified atom stereocenters. The van der Waals surface area contributed by atoms with Gasteiger partial charge in [0.2, 0.25) is 0 Å². The van der Waals surface area contributed by atoms with Gasteiger partial charge in [-0.1, -0.05) is 6.07 Å². The minimum Gasteiger partial charge on any atom is -0.352 e. The SMILES string of the molecule is O=C(NCCCN1CCNCC1)c1ccc2c(c1)CCC2. The first-order valence-electron chi connectivity index (χ1n) is 8.16. The number of piperazine rings is 1. The molecule has 0 aromatic heterocycles. The Balaban J connectivity index is 1.41. The molecule has 1 aromatic rings. The van der Waals surface area contributed by atoms with Crippen molar-refractivity contribution in [2.75, 3.05) is 39.3 Å². The number of rotatable bonds is 5. The van der Waals surface area contributed by atoms with Crippen molar-refractivity contribution in [1.82, 2.24) is 15.5 Å². The van der Waals surface area contributed by atoms with Crippen LogP contribution in [0.1, 0.15) is 34.3 Å². The van der Waals surface area contributed by atoms with Crippen LogP contribution >= 0.6 is 0 Å². The van der Waals surface area contributed by atoms with Gasteiger partial charge in [0.25, 0.3) is 5.91 Å². The zero-order valence-electron chi connectivity index (χ0n) is 12.7. The van der Waals surface area contributed by atoms with Crippen molar-refractivity contribution in [2.45, 2.75) is 25.7 Å². The van der Waals surface area contributed by atoms with Crippen LogP contribution in [0, 0.1) is 0 Å². The van der Waals surface area contributed by atoms with E-state index in [1.807, 2.05) is 6.07 Å². The van der Waals surface area contributed by atoms with E-state index in [2.05, 4.69) is 27.7 Å². The van der Waals surface area contributed by atoms with Crippen LogP contribution in [0.4, 0.5) is 0 Å². The van der Waals surface area contributed by atoms with Gasteiger partial charge < -0.3 is 15.5 Å². The lowest BCUT2D eigenvalue weighted by molar-refractivity contribution is 0.0951. The Morgan fingerprint density at radius 3 is 2.86 bits per heavy atom. The van der Waals surface area contributed by atoms with Gasteiger partial charge in [-0.15, -0.1) is 0 Å². The lowest BCUT2D eigenvalue weighted by Crippen LogP contribution is -2.44. The van der Waals surface area contributed by atoms with Crippen LogP contribution in [-0.4, -0.2) is 50.1 Å². The van der Waals surface area contributed by atoms with Gasteiger partial charge in [-0.3, -0.25) is 4.79 Å². The summed E-state index contributed by atoms with van der Waals surface area (Å²) in [6, 6.07) is 6.17. The standard InChI is InChI=1S/C17H25N3O/c21-17(16-6-5-14-3-1-4-15(14)13-16)19-7-2-10-20-11-8-18-9-12-20/h5-6,13,18H,1-4,7-12H2,(H,19,21). The molecule has 1 aliphatic carbocycles. The van der Waals surface area contributed by atoms with Gasteiger partial charge in [0, 0.05) is 38.3 Å². The summed E-state index contributed by atoms with van der Waals surface area (Å²) in [6.45, 7) is 6.26. The van der Waals surface area contributed by atoms with E-state index in [-0.39, 0.29) is 5.91 Å². The molecule has 1 amide bonds. The largest absolute Gasteiger partial charge is 0.352 e. The highest BCUT2D eigenvalue weighted by atomic mass is 16.1. The molecule has 1 aromatic carbocycles. The zero-order valence-corrected chi connectivity index (χ0v) is 12.7. The van der Waals surface area contributed by atoms with E-state index < -0.39 is 0 Å². The third kappa shape index (κ3) is 3.83. The van der Waals surface area contributed by atoms with Gasteiger partial charge in [0.15, 0.2) is 0 Å². The van der Waals surface area contributed by atoms with Gasteiger partial charge in [-0.05, 0) is 55.5 Å². The number of hydrogen-bond acceptors (Lipinski definition) is 3. The van der Waals surface area contributed by atoms with E-state index in [0.29, 0.717) is 0 Å². The van der Waals surface area contributed by atoms with Crippen LogP contribution in [0.15, 0.2) is 18.2 Å². The monoisotopic (exact) mass is 287 g/mol. The van der Waals surface area contributed by atoms with Gasteiger partial charge in [0.05, 0.1) is 0 Å². The highest BCUT2D eigenvalue weighted by Gasteiger charge is 2.14. The maximum Gasteiger partial charge on any atom is 0.251 e. The van der Waals surface area contributed by atoms with Gasteiger partial charge in [-0.25, -0.2) is 0 Å². The van der Waals surface area contributed by atoms with Crippen LogP contribution in [0.2, 0.25) is 0 Å². The van der Waals surface area contributed by atoms with Gasteiger partial charge in [-0.2, -0.15) is 0 Å². The molecule has 3 rings (SSSR count). The van der Waals surface area contributed by atoms with Crippen molar-refractivity contribution in [2.24, 2.45) is 0 Å². The molecule has 4 nitrogen and oxygen atoms in total. The Morgan fingerprint density at radius 2 is 2.00 bits per heavy atom. The van der Waals surface area contributed by atoms with Crippen LogP contribution in [0.5, 0.6) is 0 Å². The fourth-order valence-corrected chi connectivity index (χ4v) is 3.25. The number of hydrogen-bond donors (Lipinski definition) is 2. The molecular formula is C17H25N3O. The first-order chi connectivity index (χ1) is 10.3. The van der Waals surface area contributed by atoms with Crippen molar-refractivity contribution in [3.05, 3.63) is 34.9 Å². The molecule has 114 valence electrons. The second-order valence-electron chi connectivity index (χ2n) is 6.04. The van der Waals surface area contributed by atoms with E-state index in [4.69, 9.17) is 0 Å². The smallest absolute Gasteiger partial charge is 0.251 e. The predicted octanol–water partition coefficient (Wildman–Crippen LogP) is 1.20. The average molecular weight is 287 g/mol. The molecule has 0 spiro atoms. The predicted molar refractivity (Wildman–Crippen MR) is 84.7 cm³/mol. The second-order valence-corrected chi connectivity index (χ2v) is 6.04. The van der Waals surface area contributed by atoms with E-state index in [1.165, 1.54) is 24.0 Å². The van der Waals surface area contributed by atoms with Crippen molar-refractivity contribution >= 4 is 5.91 Å². The lowest BCUT2D eigenvalue weighted by atomic mass is 10.1. The fourth-order valence-electron chi connectivity index (χ4n) is 3.25. The van der Waals surface area contributed by atoms with Crippen LogP contribution in [0.25, 0.3) is 0 Å². The van der Waals surface area contributed by atoms with E-state index >= 15 is 0 Å². The first-order valence-corrected chi connectivity index (χ1v) is 8.16. The summed E-state index contributed by atoms with van der Waals surface area (Å²) in [6.07, 6.45) is 4.54. The van der Waals surface area contributed by atoms with Crippen LogP contribution in [-0.2, 0) is 12.8 Å².